The zero-order valence-electron chi connectivity index (χ0n) is 16.1. The van der Waals surface area contributed by atoms with Crippen LogP contribution in [0.25, 0.3) is 0 Å². The molecule has 30 heavy (non-hydrogen) atoms. The van der Waals surface area contributed by atoms with Gasteiger partial charge in [-0.25, -0.2) is 8.42 Å². The quantitative estimate of drug-likeness (QED) is 0.393. The third-order valence-corrected chi connectivity index (χ3v) is 6.66. The Labute approximate surface area is 173 Å². The number of sulfonamides is 1. The van der Waals surface area contributed by atoms with E-state index in [0.717, 1.165) is 24.6 Å². The van der Waals surface area contributed by atoms with Crippen molar-refractivity contribution in [2.24, 2.45) is 16.9 Å². The highest BCUT2D eigenvalue weighted by Gasteiger charge is 2.38. The molecule has 4 rings (SSSR count). The number of rotatable bonds is 7. The van der Waals surface area contributed by atoms with Crippen LogP contribution in [0.2, 0.25) is 0 Å². The lowest BCUT2D eigenvalue weighted by atomic mass is 9.74. The van der Waals surface area contributed by atoms with Gasteiger partial charge in [-0.1, -0.05) is 12.2 Å². The van der Waals surface area contributed by atoms with E-state index in [-0.39, 0.29) is 16.3 Å². The maximum absolute atomic E-state index is 12.7. The van der Waals surface area contributed by atoms with E-state index in [1.54, 1.807) is 24.3 Å². The number of nitrogens with one attached hydrogen (secondary N) is 2. The number of hydrogen-bond acceptors (Lipinski definition) is 7. The van der Waals surface area contributed by atoms with Crippen molar-refractivity contribution in [2.75, 3.05) is 17.3 Å². The topological polar surface area (TPSA) is 123 Å². The van der Waals surface area contributed by atoms with Crippen LogP contribution in [0.3, 0.4) is 0 Å². The molecule has 1 fully saturated rings. The summed E-state index contributed by atoms with van der Waals surface area (Å²) in [5.74, 6) is 1.46. The Morgan fingerprint density at radius 3 is 2.63 bits per heavy atom. The van der Waals surface area contributed by atoms with Crippen LogP contribution in [0, 0.1) is 22.0 Å². The van der Waals surface area contributed by atoms with E-state index in [0.29, 0.717) is 23.3 Å². The summed E-state index contributed by atoms with van der Waals surface area (Å²) in [6, 6.07) is 9.98. The Morgan fingerprint density at radius 1 is 1.20 bits per heavy atom. The number of anilines is 2. The summed E-state index contributed by atoms with van der Waals surface area (Å²) in [7, 11) is -2.50. The average Bonchev–Trinajstić information content (AvgIpc) is 3.09. The Morgan fingerprint density at radius 2 is 1.97 bits per heavy atom. The zero-order valence-corrected chi connectivity index (χ0v) is 16.9. The predicted octanol–water partition coefficient (Wildman–Crippen LogP) is 3.77. The van der Waals surface area contributed by atoms with Crippen molar-refractivity contribution in [3.63, 3.8) is 0 Å². The van der Waals surface area contributed by atoms with Gasteiger partial charge in [-0.3, -0.25) is 20.3 Å². The van der Waals surface area contributed by atoms with Gasteiger partial charge in [0, 0.05) is 23.4 Å². The Bertz CT molecular complexity index is 1140. The molecule has 2 aliphatic carbocycles. The van der Waals surface area contributed by atoms with Crippen molar-refractivity contribution in [2.45, 2.75) is 17.7 Å². The summed E-state index contributed by atoms with van der Waals surface area (Å²) < 4.78 is 32.8. The first kappa shape index (κ1) is 19.9. The van der Waals surface area contributed by atoms with Gasteiger partial charge in [0.25, 0.3) is 15.7 Å². The SMILES string of the molecule is COc1ccc(NS(=O)(=O)c2ccc(N/N=C3/CC4CC=CC34)c([N+](=O)[O-])c2)cc1. The normalized spacial score (nSPS) is 21.0. The number of hydrazone groups is 1. The molecule has 0 saturated heterocycles. The Balaban J connectivity index is 1.55. The van der Waals surface area contributed by atoms with E-state index in [1.165, 1.54) is 19.2 Å². The van der Waals surface area contributed by atoms with Gasteiger partial charge in [-0.2, -0.15) is 5.10 Å². The van der Waals surface area contributed by atoms with Crippen molar-refractivity contribution in [1.29, 1.82) is 0 Å². The second-order valence-corrected chi connectivity index (χ2v) is 8.82. The third-order valence-electron chi connectivity index (χ3n) is 5.28. The number of fused-ring (bicyclic) bond motifs is 1. The van der Waals surface area contributed by atoms with Gasteiger partial charge in [-0.05, 0) is 55.2 Å². The second-order valence-electron chi connectivity index (χ2n) is 7.14. The van der Waals surface area contributed by atoms with E-state index >= 15 is 0 Å². The van der Waals surface area contributed by atoms with Crippen LogP contribution < -0.4 is 14.9 Å². The summed E-state index contributed by atoms with van der Waals surface area (Å²) in [6.45, 7) is 0. The lowest BCUT2D eigenvalue weighted by Gasteiger charge is -2.31. The number of benzene rings is 2. The van der Waals surface area contributed by atoms with E-state index in [1.807, 2.05) is 0 Å². The smallest absolute Gasteiger partial charge is 0.295 e. The van der Waals surface area contributed by atoms with Crippen molar-refractivity contribution >= 4 is 32.8 Å². The number of ether oxygens (including phenoxy) is 1. The first-order valence-corrected chi connectivity index (χ1v) is 10.8. The largest absolute Gasteiger partial charge is 0.497 e. The first-order valence-electron chi connectivity index (χ1n) is 9.32. The fraction of sp³-hybridized carbons (Fsp3) is 0.250. The van der Waals surface area contributed by atoms with Gasteiger partial charge in [0.05, 0.1) is 16.9 Å². The van der Waals surface area contributed by atoms with Crippen molar-refractivity contribution < 1.29 is 18.1 Å². The number of nitro groups is 1. The molecule has 10 heteroatoms. The highest BCUT2D eigenvalue weighted by molar-refractivity contribution is 7.92. The van der Waals surface area contributed by atoms with Gasteiger partial charge in [0.2, 0.25) is 0 Å². The van der Waals surface area contributed by atoms with Gasteiger partial charge < -0.3 is 4.74 Å². The molecule has 2 aromatic carbocycles. The van der Waals surface area contributed by atoms with Crippen LogP contribution in [-0.4, -0.2) is 26.2 Å². The van der Waals surface area contributed by atoms with E-state index in [2.05, 4.69) is 27.4 Å². The minimum atomic E-state index is -4.01. The number of allylic oxidation sites excluding steroid dienone is 2. The van der Waals surface area contributed by atoms with Gasteiger partial charge in [-0.15, -0.1) is 0 Å². The molecule has 156 valence electrons. The molecule has 2 aromatic rings. The molecule has 0 aromatic heterocycles. The number of methoxy groups -OCH3 is 1. The molecule has 1 saturated carbocycles. The van der Waals surface area contributed by atoms with Crippen LogP contribution in [0.5, 0.6) is 5.75 Å². The summed E-state index contributed by atoms with van der Waals surface area (Å²) in [4.78, 5) is 10.7. The highest BCUT2D eigenvalue weighted by Crippen LogP contribution is 2.40. The van der Waals surface area contributed by atoms with E-state index < -0.39 is 14.9 Å². The molecule has 0 bridgehead atoms. The van der Waals surface area contributed by atoms with E-state index in [9.17, 15) is 18.5 Å². The van der Waals surface area contributed by atoms with Crippen LogP contribution >= 0.6 is 0 Å². The summed E-state index contributed by atoms with van der Waals surface area (Å²) in [6.07, 6.45) is 6.12. The Hall–Kier alpha value is -3.40. The predicted molar refractivity (Wildman–Crippen MR) is 113 cm³/mol. The Kier molecular flexibility index (Phi) is 5.17. The van der Waals surface area contributed by atoms with Crippen molar-refractivity contribution in [3.8, 4) is 5.75 Å². The minimum Gasteiger partial charge on any atom is -0.497 e. The van der Waals surface area contributed by atoms with Gasteiger partial charge in [0.15, 0.2) is 0 Å². The number of hydrogen-bond donors (Lipinski definition) is 2. The molecule has 0 aliphatic heterocycles. The third kappa shape index (κ3) is 3.86. The lowest BCUT2D eigenvalue weighted by Crippen LogP contribution is -2.33. The molecular weight excluding hydrogens is 408 g/mol. The van der Waals surface area contributed by atoms with Gasteiger partial charge in [0.1, 0.15) is 11.4 Å². The van der Waals surface area contributed by atoms with Crippen molar-refractivity contribution in [1.82, 2.24) is 0 Å². The summed E-state index contributed by atoms with van der Waals surface area (Å²) in [5.41, 5.74) is 3.77. The van der Waals surface area contributed by atoms with Crippen LogP contribution in [-0.2, 0) is 10.0 Å². The van der Waals surface area contributed by atoms with E-state index in [4.69, 9.17) is 4.74 Å². The summed E-state index contributed by atoms with van der Waals surface area (Å²) >= 11 is 0. The van der Waals surface area contributed by atoms with Crippen molar-refractivity contribution in [3.05, 3.63) is 64.7 Å². The molecule has 0 spiro atoms. The number of nitro benzene ring substituents is 1. The van der Waals surface area contributed by atoms with Gasteiger partial charge >= 0.3 is 0 Å². The maximum atomic E-state index is 12.7. The van der Waals surface area contributed by atoms with Crippen LogP contribution in [0.15, 0.2) is 64.6 Å². The fourth-order valence-corrected chi connectivity index (χ4v) is 4.67. The van der Waals surface area contributed by atoms with Crippen LogP contribution in [0.1, 0.15) is 12.8 Å². The molecule has 2 unspecified atom stereocenters. The fourth-order valence-electron chi connectivity index (χ4n) is 3.59. The molecule has 9 nitrogen and oxygen atoms in total. The molecule has 2 atom stereocenters. The molecular formula is C20H20N4O5S. The lowest BCUT2D eigenvalue weighted by molar-refractivity contribution is -0.384. The molecule has 0 amide bonds. The molecule has 2 N–H and O–H groups in total. The minimum absolute atomic E-state index is 0.140. The highest BCUT2D eigenvalue weighted by atomic mass is 32.2. The molecule has 2 aliphatic rings. The first-order chi connectivity index (χ1) is 14.4. The summed E-state index contributed by atoms with van der Waals surface area (Å²) in [5, 5.41) is 15.8. The molecule has 0 heterocycles. The molecule has 0 radical (unpaired) electrons. The second kappa shape index (κ2) is 7.79. The average molecular weight is 428 g/mol. The number of nitrogens with zero attached hydrogens (tertiary/aromatic N) is 2. The maximum Gasteiger partial charge on any atom is 0.295 e. The van der Waals surface area contributed by atoms with Crippen LogP contribution in [0.4, 0.5) is 17.1 Å². The zero-order chi connectivity index (χ0) is 21.3. The monoisotopic (exact) mass is 428 g/mol. The standard InChI is InChI=1S/C20H20N4O5S/c1-29-15-7-5-14(6-8-15)23-30(27,28)16-9-10-18(20(12-16)24(25)26)21-22-19-11-13-3-2-4-17(13)19/h2,4-10,12-13,17,21,23H,3,11H2,1H3/b22-19-.